The van der Waals surface area contributed by atoms with Crippen molar-refractivity contribution < 1.29 is 14.0 Å². The van der Waals surface area contributed by atoms with E-state index < -0.39 is 5.54 Å². The third-order valence-electron chi connectivity index (χ3n) is 7.15. The molecule has 1 N–H and O–H groups in total. The van der Waals surface area contributed by atoms with Gasteiger partial charge in [-0.15, -0.1) is 0 Å². The Labute approximate surface area is 185 Å². The smallest absolute Gasteiger partial charge is 0.271 e. The summed E-state index contributed by atoms with van der Waals surface area (Å²) in [5.74, 6) is 0.573. The van der Waals surface area contributed by atoms with Crippen LogP contribution in [0.1, 0.15) is 82.6 Å². The van der Waals surface area contributed by atoms with Gasteiger partial charge in [0.15, 0.2) is 0 Å². The maximum atomic E-state index is 13.8. The van der Waals surface area contributed by atoms with E-state index in [0.717, 1.165) is 37.8 Å². The lowest BCUT2D eigenvalue weighted by atomic mass is 9.90. The first-order chi connectivity index (χ1) is 15.0. The topological polar surface area (TPSA) is 67.5 Å². The van der Waals surface area contributed by atoms with Crippen molar-refractivity contribution >= 4 is 11.8 Å². The predicted octanol–water partition coefficient (Wildman–Crippen LogP) is 4.99. The molecular formula is C25H35N3O3. The van der Waals surface area contributed by atoms with Crippen LogP contribution in [0.4, 0.5) is 0 Å². The zero-order chi connectivity index (χ0) is 22.0. The summed E-state index contributed by atoms with van der Waals surface area (Å²) < 4.78 is 7.56. The number of carbonyl (C=O) groups excluding carboxylic acids is 2. The van der Waals surface area contributed by atoms with Crippen molar-refractivity contribution in [3.8, 4) is 11.5 Å². The van der Waals surface area contributed by atoms with Crippen molar-refractivity contribution in [3.05, 3.63) is 36.2 Å². The molecule has 1 aliphatic heterocycles. The highest BCUT2D eigenvalue weighted by atomic mass is 16.3. The van der Waals surface area contributed by atoms with Crippen LogP contribution in [-0.2, 0) is 11.3 Å². The molecule has 0 unspecified atom stereocenters. The number of furan rings is 1. The quantitative estimate of drug-likeness (QED) is 0.734. The molecule has 6 nitrogen and oxygen atoms in total. The molecular weight excluding hydrogens is 390 g/mol. The predicted molar refractivity (Wildman–Crippen MR) is 121 cm³/mol. The fourth-order valence-electron chi connectivity index (χ4n) is 5.19. The second kappa shape index (κ2) is 8.93. The number of rotatable bonds is 5. The fourth-order valence-corrected chi connectivity index (χ4v) is 5.19. The van der Waals surface area contributed by atoms with Crippen LogP contribution in [0, 0.1) is 0 Å². The summed E-state index contributed by atoms with van der Waals surface area (Å²) in [6.45, 7) is 6.43. The third-order valence-corrected chi connectivity index (χ3v) is 7.15. The molecule has 2 aromatic rings. The first kappa shape index (κ1) is 21.7. The van der Waals surface area contributed by atoms with Gasteiger partial charge in [0.1, 0.15) is 17.0 Å². The normalized spacial score (nSPS) is 23.7. The van der Waals surface area contributed by atoms with Gasteiger partial charge >= 0.3 is 0 Å². The average Bonchev–Trinajstić information content (AvgIpc) is 3.39. The molecule has 1 saturated carbocycles. The zero-order valence-corrected chi connectivity index (χ0v) is 19.0. The first-order valence-electron chi connectivity index (χ1n) is 11.8. The average molecular weight is 426 g/mol. The van der Waals surface area contributed by atoms with Gasteiger partial charge in [-0.25, -0.2) is 0 Å². The molecule has 2 aromatic heterocycles. The van der Waals surface area contributed by atoms with E-state index in [1.165, 1.54) is 19.3 Å². The van der Waals surface area contributed by atoms with Crippen LogP contribution >= 0.6 is 0 Å². The Morgan fingerprint density at radius 1 is 1.16 bits per heavy atom. The van der Waals surface area contributed by atoms with Gasteiger partial charge in [0.05, 0.1) is 18.5 Å². The Kier molecular flexibility index (Phi) is 6.26. The molecule has 2 amide bonds. The van der Waals surface area contributed by atoms with Gasteiger partial charge in [0, 0.05) is 12.1 Å². The molecule has 1 aliphatic carbocycles. The van der Waals surface area contributed by atoms with E-state index in [9.17, 15) is 9.59 Å². The van der Waals surface area contributed by atoms with E-state index in [1.807, 2.05) is 47.6 Å². The van der Waals surface area contributed by atoms with E-state index in [0.29, 0.717) is 18.0 Å². The van der Waals surface area contributed by atoms with Crippen molar-refractivity contribution in [3.63, 3.8) is 0 Å². The number of amides is 2. The van der Waals surface area contributed by atoms with E-state index >= 15 is 0 Å². The van der Waals surface area contributed by atoms with Crippen molar-refractivity contribution in [1.29, 1.82) is 0 Å². The van der Waals surface area contributed by atoms with Gasteiger partial charge in [0.25, 0.3) is 5.91 Å². The SMILES string of the molecule is CC[C@@H](C)N1C(=O)c2ccc(-c3ccco3)n2C[C@@]1(C)C(=O)NC1CCCCCCC1. The second-order valence-electron chi connectivity index (χ2n) is 9.39. The highest BCUT2D eigenvalue weighted by molar-refractivity contribution is 6.00. The molecule has 168 valence electrons. The Morgan fingerprint density at radius 2 is 1.84 bits per heavy atom. The Morgan fingerprint density at radius 3 is 2.48 bits per heavy atom. The molecule has 3 heterocycles. The molecule has 2 aliphatic rings. The lowest BCUT2D eigenvalue weighted by molar-refractivity contribution is -0.135. The summed E-state index contributed by atoms with van der Waals surface area (Å²) in [6, 6.07) is 7.65. The minimum absolute atomic E-state index is 0.0312. The molecule has 31 heavy (non-hydrogen) atoms. The minimum Gasteiger partial charge on any atom is -0.463 e. The van der Waals surface area contributed by atoms with Gasteiger partial charge in [-0.3, -0.25) is 9.59 Å². The summed E-state index contributed by atoms with van der Waals surface area (Å²) in [6.07, 6.45) is 10.5. The van der Waals surface area contributed by atoms with Crippen LogP contribution in [0.3, 0.4) is 0 Å². The minimum atomic E-state index is -0.956. The Balaban J connectivity index is 1.67. The lowest BCUT2D eigenvalue weighted by Crippen LogP contribution is -2.67. The molecule has 0 bridgehead atoms. The maximum absolute atomic E-state index is 13.8. The van der Waals surface area contributed by atoms with E-state index in [1.54, 1.807) is 6.26 Å². The maximum Gasteiger partial charge on any atom is 0.271 e. The van der Waals surface area contributed by atoms with Crippen LogP contribution in [0.2, 0.25) is 0 Å². The Hall–Kier alpha value is -2.50. The molecule has 4 rings (SSSR count). The van der Waals surface area contributed by atoms with Crippen LogP contribution in [0.5, 0.6) is 0 Å². The summed E-state index contributed by atoms with van der Waals surface area (Å²) in [7, 11) is 0. The van der Waals surface area contributed by atoms with E-state index in [-0.39, 0.29) is 23.9 Å². The summed E-state index contributed by atoms with van der Waals surface area (Å²) >= 11 is 0. The first-order valence-corrected chi connectivity index (χ1v) is 11.8. The number of aromatic nitrogens is 1. The van der Waals surface area contributed by atoms with Crippen molar-refractivity contribution in [2.75, 3.05) is 0 Å². The largest absolute Gasteiger partial charge is 0.463 e. The van der Waals surface area contributed by atoms with Gasteiger partial charge in [-0.2, -0.15) is 0 Å². The fraction of sp³-hybridized carbons (Fsp3) is 0.600. The van der Waals surface area contributed by atoms with Gasteiger partial charge in [-0.05, 0) is 57.4 Å². The molecule has 0 aromatic carbocycles. The molecule has 2 atom stereocenters. The number of fused-ring (bicyclic) bond motifs is 1. The highest BCUT2D eigenvalue weighted by Crippen LogP contribution is 2.35. The standard InChI is InChI=1S/C25H35N3O3/c1-4-18(2)28-23(29)21-15-14-20(22-13-10-16-31-22)27(21)17-25(28,3)24(30)26-19-11-8-6-5-7-9-12-19/h10,13-16,18-19H,4-9,11-12,17H2,1-3H3,(H,26,30)/t18-,25+/m1/s1. The van der Waals surface area contributed by atoms with E-state index in [2.05, 4.69) is 12.2 Å². The lowest BCUT2D eigenvalue weighted by Gasteiger charge is -2.47. The van der Waals surface area contributed by atoms with Crippen molar-refractivity contribution in [2.45, 2.75) is 96.3 Å². The Bertz CT molecular complexity index is 909. The van der Waals surface area contributed by atoms with Gasteiger partial charge in [-0.1, -0.05) is 39.0 Å². The second-order valence-corrected chi connectivity index (χ2v) is 9.39. The molecule has 0 spiro atoms. The molecule has 0 radical (unpaired) electrons. The van der Waals surface area contributed by atoms with Crippen LogP contribution in [-0.4, -0.2) is 38.9 Å². The molecule has 6 heteroatoms. The number of carbonyl (C=O) groups is 2. The number of nitrogens with zero attached hydrogens (tertiary/aromatic N) is 2. The third kappa shape index (κ3) is 4.04. The van der Waals surface area contributed by atoms with Crippen LogP contribution in [0.15, 0.2) is 34.9 Å². The number of nitrogens with one attached hydrogen (secondary N) is 1. The monoisotopic (exact) mass is 425 g/mol. The van der Waals surface area contributed by atoms with Crippen LogP contribution < -0.4 is 5.32 Å². The van der Waals surface area contributed by atoms with Gasteiger partial charge in [0.2, 0.25) is 5.91 Å². The van der Waals surface area contributed by atoms with E-state index in [4.69, 9.17) is 4.42 Å². The summed E-state index contributed by atoms with van der Waals surface area (Å²) in [4.78, 5) is 29.2. The zero-order valence-electron chi connectivity index (χ0n) is 19.0. The summed E-state index contributed by atoms with van der Waals surface area (Å²) in [5.41, 5.74) is 0.493. The number of hydrogen-bond acceptors (Lipinski definition) is 3. The highest BCUT2D eigenvalue weighted by Gasteiger charge is 2.49. The van der Waals surface area contributed by atoms with Crippen molar-refractivity contribution in [1.82, 2.24) is 14.8 Å². The van der Waals surface area contributed by atoms with Crippen LogP contribution in [0.25, 0.3) is 11.5 Å². The molecule has 1 fully saturated rings. The number of hydrogen-bond donors (Lipinski definition) is 1. The molecule has 0 saturated heterocycles. The van der Waals surface area contributed by atoms with Crippen molar-refractivity contribution in [2.24, 2.45) is 0 Å². The van der Waals surface area contributed by atoms with Gasteiger partial charge < -0.3 is 19.2 Å². The summed E-state index contributed by atoms with van der Waals surface area (Å²) in [5, 5.41) is 3.33.